The second kappa shape index (κ2) is 5.00. The average molecular weight is 321 g/mol. The van der Waals surface area contributed by atoms with Crippen molar-refractivity contribution in [2.24, 2.45) is 0 Å². The van der Waals surface area contributed by atoms with Crippen molar-refractivity contribution < 1.29 is 4.39 Å². The number of rotatable bonds is 3. The van der Waals surface area contributed by atoms with E-state index in [1.165, 1.54) is 18.9 Å². The van der Waals surface area contributed by atoms with Gasteiger partial charge in [-0.15, -0.1) is 0 Å². The molecule has 1 saturated carbocycles. The zero-order valence-electron chi connectivity index (χ0n) is 10.7. The summed E-state index contributed by atoms with van der Waals surface area (Å²) in [5.41, 5.74) is 3.80. The molecule has 1 aliphatic carbocycles. The third-order valence-electron chi connectivity index (χ3n) is 3.42. The van der Waals surface area contributed by atoms with Crippen molar-refractivity contribution in [3.8, 4) is 11.4 Å². The van der Waals surface area contributed by atoms with Crippen LogP contribution in [0.5, 0.6) is 0 Å². The van der Waals surface area contributed by atoms with Gasteiger partial charge in [0.1, 0.15) is 5.82 Å². The highest BCUT2D eigenvalue weighted by Crippen LogP contribution is 2.41. The number of aromatic nitrogens is 2. The van der Waals surface area contributed by atoms with Crippen LogP contribution < -0.4 is 0 Å². The van der Waals surface area contributed by atoms with Gasteiger partial charge in [-0.25, -0.2) is 14.4 Å². The van der Waals surface area contributed by atoms with Crippen LogP contribution in [0.4, 0.5) is 4.39 Å². The Balaban J connectivity index is 2.04. The molecule has 19 heavy (non-hydrogen) atoms. The van der Waals surface area contributed by atoms with Crippen molar-refractivity contribution in [3.05, 3.63) is 47.0 Å². The Morgan fingerprint density at radius 3 is 2.79 bits per heavy atom. The van der Waals surface area contributed by atoms with E-state index in [0.717, 1.165) is 22.2 Å². The molecule has 3 rings (SSSR count). The Labute approximate surface area is 120 Å². The van der Waals surface area contributed by atoms with Gasteiger partial charge in [-0.3, -0.25) is 0 Å². The number of benzene rings is 1. The summed E-state index contributed by atoms with van der Waals surface area (Å²) in [6.45, 7) is 1.76. The maximum Gasteiger partial charge on any atom is 0.159 e. The van der Waals surface area contributed by atoms with Crippen molar-refractivity contribution in [2.45, 2.75) is 31.0 Å². The highest BCUT2D eigenvalue weighted by Gasteiger charge is 2.28. The van der Waals surface area contributed by atoms with Crippen LogP contribution in [-0.2, 0) is 5.33 Å². The van der Waals surface area contributed by atoms with Gasteiger partial charge in [-0.1, -0.05) is 15.9 Å². The lowest BCUT2D eigenvalue weighted by Crippen LogP contribution is -1.99. The molecule has 1 aromatic carbocycles. The summed E-state index contributed by atoms with van der Waals surface area (Å²) in [5, 5.41) is 0.779. The molecule has 4 heteroatoms. The zero-order valence-corrected chi connectivity index (χ0v) is 12.2. The van der Waals surface area contributed by atoms with Gasteiger partial charge < -0.3 is 0 Å². The van der Waals surface area contributed by atoms with E-state index in [4.69, 9.17) is 0 Å². The SMILES string of the molecule is Cc1cc(-c2ncc(CBr)c(C3CC3)n2)ccc1F. The minimum Gasteiger partial charge on any atom is -0.236 e. The van der Waals surface area contributed by atoms with Crippen LogP contribution in [0, 0.1) is 12.7 Å². The zero-order chi connectivity index (χ0) is 13.4. The maximum atomic E-state index is 13.3. The molecule has 0 bridgehead atoms. The molecule has 0 amide bonds. The first-order chi connectivity index (χ1) is 9.19. The molecule has 0 saturated heterocycles. The van der Waals surface area contributed by atoms with Crippen LogP contribution in [0.15, 0.2) is 24.4 Å². The summed E-state index contributed by atoms with van der Waals surface area (Å²) in [5.74, 6) is 1.08. The molecule has 0 unspecified atom stereocenters. The topological polar surface area (TPSA) is 25.8 Å². The summed E-state index contributed by atoms with van der Waals surface area (Å²) >= 11 is 3.48. The Morgan fingerprint density at radius 2 is 2.16 bits per heavy atom. The summed E-state index contributed by atoms with van der Waals surface area (Å²) in [7, 11) is 0. The van der Waals surface area contributed by atoms with E-state index < -0.39 is 0 Å². The van der Waals surface area contributed by atoms with E-state index in [2.05, 4.69) is 25.9 Å². The molecule has 0 atom stereocenters. The van der Waals surface area contributed by atoms with Crippen molar-refractivity contribution in [1.29, 1.82) is 0 Å². The number of hydrogen-bond donors (Lipinski definition) is 0. The van der Waals surface area contributed by atoms with Gasteiger partial charge >= 0.3 is 0 Å². The molecule has 1 fully saturated rings. The molecular weight excluding hydrogens is 307 g/mol. The van der Waals surface area contributed by atoms with Crippen LogP contribution in [0.3, 0.4) is 0 Å². The highest BCUT2D eigenvalue weighted by molar-refractivity contribution is 9.08. The van der Waals surface area contributed by atoms with Crippen molar-refractivity contribution in [1.82, 2.24) is 9.97 Å². The lowest BCUT2D eigenvalue weighted by atomic mass is 10.1. The number of alkyl halides is 1. The van der Waals surface area contributed by atoms with Crippen molar-refractivity contribution >= 4 is 15.9 Å². The second-order valence-electron chi connectivity index (χ2n) is 4.98. The van der Waals surface area contributed by atoms with Crippen LogP contribution in [0.2, 0.25) is 0 Å². The predicted octanol–water partition coefficient (Wildman–Crippen LogP) is 4.36. The van der Waals surface area contributed by atoms with Crippen molar-refractivity contribution in [3.63, 3.8) is 0 Å². The molecule has 0 spiro atoms. The fourth-order valence-electron chi connectivity index (χ4n) is 2.16. The third-order valence-corrected chi connectivity index (χ3v) is 4.03. The Kier molecular flexibility index (Phi) is 3.35. The summed E-state index contributed by atoms with van der Waals surface area (Å²) in [4.78, 5) is 9.08. The van der Waals surface area contributed by atoms with Gasteiger partial charge in [0, 0.05) is 28.6 Å². The smallest absolute Gasteiger partial charge is 0.159 e. The van der Waals surface area contributed by atoms with Gasteiger partial charge in [-0.2, -0.15) is 0 Å². The molecule has 1 aliphatic rings. The molecular formula is C15H14BrFN2. The molecule has 0 aliphatic heterocycles. The molecule has 0 radical (unpaired) electrons. The molecule has 0 N–H and O–H groups in total. The van der Waals surface area contributed by atoms with Crippen LogP contribution in [0.1, 0.15) is 35.6 Å². The number of hydrogen-bond acceptors (Lipinski definition) is 2. The normalized spacial score (nSPS) is 14.7. The first-order valence-electron chi connectivity index (χ1n) is 6.37. The molecule has 2 aromatic rings. The quantitative estimate of drug-likeness (QED) is 0.785. The average Bonchev–Trinajstić information content (AvgIpc) is 3.25. The van der Waals surface area contributed by atoms with Gasteiger partial charge in [0.05, 0.1) is 5.69 Å². The lowest BCUT2D eigenvalue weighted by Gasteiger charge is -2.08. The van der Waals surface area contributed by atoms with Gasteiger partial charge in [-0.05, 0) is 43.5 Å². The van der Waals surface area contributed by atoms with Crippen LogP contribution in [-0.4, -0.2) is 9.97 Å². The van der Waals surface area contributed by atoms with E-state index in [-0.39, 0.29) is 5.82 Å². The fraction of sp³-hybridized carbons (Fsp3) is 0.333. The molecule has 1 aromatic heterocycles. The van der Waals surface area contributed by atoms with Crippen LogP contribution >= 0.6 is 15.9 Å². The molecule has 1 heterocycles. The van der Waals surface area contributed by atoms with E-state index in [0.29, 0.717) is 17.3 Å². The standard InChI is InChI=1S/C15H14BrFN2/c1-9-6-11(4-5-13(9)17)15-18-8-12(7-16)14(19-15)10-2-3-10/h4-6,8,10H,2-3,7H2,1H3. The van der Waals surface area contributed by atoms with Gasteiger partial charge in [0.25, 0.3) is 0 Å². The Morgan fingerprint density at radius 1 is 1.37 bits per heavy atom. The first kappa shape index (κ1) is 12.7. The Hall–Kier alpha value is -1.29. The third kappa shape index (κ3) is 2.54. The largest absolute Gasteiger partial charge is 0.236 e. The minimum atomic E-state index is -0.191. The van der Waals surface area contributed by atoms with Gasteiger partial charge in [0.2, 0.25) is 0 Å². The summed E-state index contributed by atoms with van der Waals surface area (Å²) in [6.07, 6.45) is 4.29. The minimum absolute atomic E-state index is 0.191. The molecule has 98 valence electrons. The van der Waals surface area contributed by atoms with Gasteiger partial charge in [0.15, 0.2) is 5.82 Å². The number of aryl methyl sites for hydroxylation is 1. The van der Waals surface area contributed by atoms with Crippen molar-refractivity contribution in [2.75, 3.05) is 0 Å². The second-order valence-corrected chi connectivity index (χ2v) is 5.54. The highest BCUT2D eigenvalue weighted by atomic mass is 79.9. The van der Waals surface area contributed by atoms with E-state index in [9.17, 15) is 4.39 Å². The monoisotopic (exact) mass is 320 g/mol. The first-order valence-corrected chi connectivity index (χ1v) is 7.49. The fourth-order valence-corrected chi connectivity index (χ4v) is 2.59. The Bertz CT molecular complexity index is 624. The van der Waals surface area contributed by atoms with E-state index in [1.54, 1.807) is 19.1 Å². The maximum absolute atomic E-state index is 13.3. The van der Waals surface area contributed by atoms with Crippen LogP contribution in [0.25, 0.3) is 11.4 Å². The lowest BCUT2D eigenvalue weighted by molar-refractivity contribution is 0.618. The number of halogens is 2. The summed E-state index contributed by atoms with van der Waals surface area (Å²) < 4.78 is 13.3. The number of nitrogens with zero attached hydrogens (tertiary/aromatic N) is 2. The van der Waals surface area contributed by atoms with E-state index in [1.807, 2.05) is 6.20 Å². The summed E-state index contributed by atoms with van der Waals surface area (Å²) in [6, 6.07) is 5.01. The predicted molar refractivity (Wildman–Crippen MR) is 76.8 cm³/mol. The van der Waals surface area contributed by atoms with E-state index >= 15 is 0 Å². The molecule has 2 nitrogen and oxygen atoms in total.